The van der Waals surface area contributed by atoms with E-state index < -0.39 is 0 Å². The fourth-order valence-corrected chi connectivity index (χ4v) is 2.14. The van der Waals surface area contributed by atoms with Gasteiger partial charge in [-0.1, -0.05) is 23.2 Å². The third-order valence-electron chi connectivity index (χ3n) is 1.97. The first-order valence-electron chi connectivity index (χ1n) is 4.86. The van der Waals surface area contributed by atoms with Crippen LogP contribution < -0.4 is 5.73 Å². The zero-order valence-electron chi connectivity index (χ0n) is 9.00. The summed E-state index contributed by atoms with van der Waals surface area (Å²) in [5.41, 5.74) is 6.82. The number of likely N-dealkylation sites (N-methyl/N-ethyl adjacent to an activating group) is 1. The van der Waals surface area contributed by atoms with E-state index in [1.165, 1.54) is 0 Å². The molecule has 0 saturated heterocycles. The van der Waals surface area contributed by atoms with Crippen LogP contribution >= 0.6 is 23.2 Å². The maximum absolute atomic E-state index is 5.91. The molecule has 0 saturated carbocycles. The van der Waals surface area contributed by atoms with Crippen molar-refractivity contribution in [2.45, 2.75) is 19.5 Å². The Morgan fingerprint density at radius 1 is 1.27 bits per heavy atom. The van der Waals surface area contributed by atoms with Gasteiger partial charge in [-0.05, 0) is 37.7 Å². The van der Waals surface area contributed by atoms with Crippen LogP contribution in [0.3, 0.4) is 0 Å². The molecule has 15 heavy (non-hydrogen) atoms. The van der Waals surface area contributed by atoms with E-state index in [-0.39, 0.29) is 6.04 Å². The van der Waals surface area contributed by atoms with Crippen LogP contribution in [0.25, 0.3) is 0 Å². The zero-order chi connectivity index (χ0) is 11.4. The second kappa shape index (κ2) is 5.71. The van der Waals surface area contributed by atoms with E-state index in [2.05, 4.69) is 4.90 Å². The van der Waals surface area contributed by atoms with Crippen LogP contribution in [0, 0.1) is 0 Å². The monoisotopic (exact) mass is 246 g/mol. The van der Waals surface area contributed by atoms with Crippen LogP contribution in [0.15, 0.2) is 18.2 Å². The van der Waals surface area contributed by atoms with Gasteiger partial charge in [-0.15, -0.1) is 0 Å². The molecule has 4 heteroatoms. The summed E-state index contributed by atoms with van der Waals surface area (Å²) in [6.07, 6.45) is 0. The summed E-state index contributed by atoms with van der Waals surface area (Å²) in [6.45, 7) is 3.65. The van der Waals surface area contributed by atoms with Crippen molar-refractivity contribution in [1.82, 2.24) is 4.90 Å². The van der Waals surface area contributed by atoms with Gasteiger partial charge in [0.1, 0.15) is 0 Å². The average molecular weight is 247 g/mol. The Morgan fingerprint density at radius 3 is 2.27 bits per heavy atom. The minimum atomic E-state index is 0.171. The minimum Gasteiger partial charge on any atom is -0.327 e. The quantitative estimate of drug-likeness (QED) is 0.886. The Bertz CT molecular complexity index is 306. The van der Waals surface area contributed by atoms with E-state index in [9.17, 15) is 0 Å². The summed E-state index contributed by atoms with van der Waals surface area (Å²) in [4.78, 5) is 2.15. The maximum Gasteiger partial charge on any atom is 0.0424 e. The minimum absolute atomic E-state index is 0.171. The second-order valence-electron chi connectivity index (χ2n) is 3.95. The molecule has 1 rings (SSSR count). The molecule has 0 radical (unpaired) electrons. The number of rotatable bonds is 4. The third-order valence-corrected chi connectivity index (χ3v) is 2.41. The first kappa shape index (κ1) is 12.8. The standard InChI is InChI=1S/C11H16Cl2N2/c1-8(14)6-15(2)7-9-3-10(12)5-11(13)4-9/h3-5,8H,6-7,14H2,1-2H3. The molecule has 0 bridgehead atoms. The Morgan fingerprint density at radius 2 is 1.80 bits per heavy atom. The number of hydrogen-bond donors (Lipinski definition) is 1. The van der Waals surface area contributed by atoms with Crippen LogP contribution in [0.2, 0.25) is 10.0 Å². The lowest BCUT2D eigenvalue weighted by Gasteiger charge is -2.19. The summed E-state index contributed by atoms with van der Waals surface area (Å²) in [5, 5.41) is 1.35. The molecule has 0 aliphatic rings. The van der Waals surface area contributed by atoms with E-state index in [1.807, 2.05) is 26.1 Å². The highest BCUT2D eigenvalue weighted by Gasteiger charge is 2.04. The summed E-state index contributed by atoms with van der Waals surface area (Å²) < 4.78 is 0. The first-order valence-corrected chi connectivity index (χ1v) is 5.62. The second-order valence-corrected chi connectivity index (χ2v) is 4.82. The van der Waals surface area contributed by atoms with Gasteiger partial charge in [0, 0.05) is 29.2 Å². The highest BCUT2D eigenvalue weighted by atomic mass is 35.5. The van der Waals surface area contributed by atoms with Gasteiger partial charge in [-0.3, -0.25) is 0 Å². The zero-order valence-corrected chi connectivity index (χ0v) is 10.5. The average Bonchev–Trinajstić information content (AvgIpc) is 1.98. The molecule has 2 nitrogen and oxygen atoms in total. The van der Waals surface area contributed by atoms with Crippen molar-refractivity contribution < 1.29 is 0 Å². The fourth-order valence-electron chi connectivity index (χ4n) is 1.57. The summed E-state index contributed by atoms with van der Waals surface area (Å²) in [5.74, 6) is 0. The largest absolute Gasteiger partial charge is 0.327 e. The molecule has 2 N–H and O–H groups in total. The molecule has 1 unspecified atom stereocenters. The van der Waals surface area contributed by atoms with Crippen LogP contribution in [0.4, 0.5) is 0 Å². The van der Waals surface area contributed by atoms with Crippen LogP contribution in [-0.4, -0.2) is 24.5 Å². The lowest BCUT2D eigenvalue weighted by Crippen LogP contribution is -2.32. The molecule has 0 aliphatic carbocycles. The van der Waals surface area contributed by atoms with Gasteiger partial charge in [0.05, 0.1) is 0 Å². The Labute approximate surface area is 101 Å². The molecule has 0 spiro atoms. The van der Waals surface area contributed by atoms with Gasteiger partial charge >= 0.3 is 0 Å². The Kier molecular flexibility index (Phi) is 4.87. The van der Waals surface area contributed by atoms with Gasteiger partial charge in [0.2, 0.25) is 0 Å². The number of hydrogen-bond acceptors (Lipinski definition) is 2. The topological polar surface area (TPSA) is 29.3 Å². The van der Waals surface area contributed by atoms with Gasteiger partial charge in [0.25, 0.3) is 0 Å². The van der Waals surface area contributed by atoms with E-state index >= 15 is 0 Å². The van der Waals surface area contributed by atoms with Gasteiger partial charge in [-0.2, -0.15) is 0 Å². The molecule has 0 heterocycles. The molecule has 0 aromatic heterocycles. The van der Waals surface area contributed by atoms with E-state index in [0.29, 0.717) is 10.0 Å². The van der Waals surface area contributed by atoms with Crippen molar-refractivity contribution in [2.24, 2.45) is 5.73 Å². The molecular formula is C11H16Cl2N2. The van der Waals surface area contributed by atoms with Crippen molar-refractivity contribution in [3.05, 3.63) is 33.8 Å². The molecule has 0 aliphatic heterocycles. The van der Waals surface area contributed by atoms with Crippen LogP contribution in [-0.2, 0) is 6.54 Å². The number of halogens is 2. The molecule has 84 valence electrons. The molecule has 1 aromatic carbocycles. The van der Waals surface area contributed by atoms with E-state index in [1.54, 1.807) is 6.07 Å². The highest BCUT2D eigenvalue weighted by Crippen LogP contribution is 2.19. The molecule has 1 aromatic rings. The van der Waals surface area contributed by atoms with Crippen LogP contribution in [0.5, 0.6) is 0 Å². The van der Waals surface area contributed by atoms with Crippen molar-refractivity contribution >= 4 is 23.2 Å². The maximum atomic E-state index is 5.91. The van der Waals surface area contributed by atoms with Crippen molar-refractivity contribution in [3.8, 4) is 0 Å². The molecular weight excluding hydrogens is 231 g/mol. The van der Waals surface area contributed by atoms with Crippen molar-refractivity contribution in [1.29, 1.82) is 0 Å². The van der Waals surface area contributed by atoms with Crippen molar-refractivity contribution in [2.75, 3.05) is 13.6 Å². The Balaban J connectivity index is 2.63. The molecule has 0 amide bonds. The van der Waals surface area contributed by atoms with Gasteiger partial charge < -0.3 is 10.6 Å². The molecule has 0 fully saturated rings. The van der Waals surface area contributed by atoms with Crippen molar-refractivity contribution in [3.63, 3.8) is 0 Å². The highest BCUT2D eigenvalue weighted by molar-refractivity contribution is 6.34. The van der Waals surface area contributed by atoms with E-state index in [0.717, 1.165) is 18.7 Å². The third kappa shape index (κ3) is 4.85. The number of nitrogens with two attached hydrogens (primary N) is 1. The first-order chi connectivity index (χ1) is 6.97. The molecule has 1 atom stereocenters. The summed E-state index contributed by atoms with van der Waals surface area (Å²) in [7, 11) is 2.03. The van der Waals surface area contributed by atoms with Gasteiger partial charge in [0.15, 0.2) is 0 Å². The fraction of sp³-hybridized carbons (Fsp3) is 0.455. The normalized spacial score (nSPS) is 13.2. The summed E-state index contributed by atoms with van der Waals surface area (Å²) >= 11 is 11.8. The van der Waals surface area contributed by atoms with Gasteiger partial charge in [-0.25, -0.2) is 0 Å². The predicted molar refractivity (Wildman–Crippen MR) is 66.4 cm³/mol. The summed E-state index contributed by atoms with van der Waals surface area (Å²) in [6, 6.07) is 5.75. The Hall–Kier alpha value is -0.280. The smallest absolute Gasteiger partial charge is 0.0424 e. The SMILES string of the molecule is CC(N)CN(C)Cc1cc(Cl)cc(Cl)c1. The lowest BCUT2D eigenvalue weighted by molar-refractivity contribution is 0.310. The lowest BCUT2D eigenvalue weighted by atomic mass is 10.2. The predicted octanol–water partition coefficient (Wildman–Crippen LogP) is 2.77. The van der Waals surface area contributed by atoms with Crippen LogP contribution in [0.1, 0.15) is 12.5 Å². The number of benzene rings is 1. The number of nitrogens with zero attached hydrogens (tertiary/aromatic N) is 1. The van der Waals surface area contributed by atoms with E-state index in [4.69, 9.17) is 28.9 Å².